The molecule has 53 heavy (non-hydrogen) atoms. The Balaban J connectivity index is 0.805. The van der Waals surface area contributed by atoms with Crippen LogP contribution in [0.1, 0.15) is 33.9 Å². The van der Waals surface area contributed by atoms with E-state index in [4.69, 9.17) is 25.8 Å². The molecule has 2 aromatic heterocycles. The molecule has 5 atom stereocenters. The Morgan fingerprint density at radius 1 is 0.962 bits per heavy atom. The summed E-state index contributed by atoms with van der Waals surface area (Å²) in [4.78, 5) is 43.9. The van der Waals surface area contributed by atoms with Crippen LogP contribution in [-0.2, 0) is 19.0 Å². The Bertz CT molecular complexity index is 1670. The van der Waals surface area contributed by atoms with Gasteiger partial charge in [0.15, 0.2) is 5.13 Å². The number of nitrogens with one attached hydrogen (secondary N) is 3. The lowest BCUT2D eigenvalue weighted by Gasteiger charge is -2.35. The highest BCUT2D eigenvalue weighted by Crippen LogP contribution is 2.48. The molecule has 15 nitrogen and oxygen atoms in total. The summed E-state index contributed by atoms with van der Waals surface area (Å²) in [5, 5.41) is 30.0. The summed E-state index contributed by atoms with van der Waals surface area (Å²) in [6.45, 7) is 11.2. The van der Waals surface area contributed by atoms with Crippen LogP contribution in [0.2, 0.25) is 5.02 Å². The number of benzene rings is 1. The van der Waals surface area contributed by atoms with E-state index in [9.17, 15) is 19.8 Å². The molecule has 288 valence electrons. The number of para-hydroxylation sites is 1. The molecule has 1 aliphatic heterocycles. The van der Waals surface area contributed by atoms with E-state index in [0.717, 1.165) is 50.5 Å². The topological polar surface area (TPSA) is 184 Å². The lowest BCUT2D eigenvalue weighted by atomic mass is 9.84. The second kappa shape index (κ2) is 18.7. The van der Waals surface area contributed by atoms with Crippen LogP contribution in [0, 0.1) is 31.6 Å². The zero-order chi connectivity index (χ0) is 37.3. The second-order valence-electron chi connectivity index (χ2n) is 13.6. The molecule has 17 heteroatoms. The van der Waals surface area contributed by atoms with Crippen LogP contribution in [0.15, 0.2) is 30.5 Å². The van der Waals surface area contributed by atoms with Crippen LogP contribution < -0.4 is 20.9 Å². The molecule has 0 radical (unpaired) electrons. The summed E-state index contributed by atoms with van der Waals surface area (Å²) < 4.78 is 16.9. The summed E-state index contributed by atoms with van der Waals surface area (Å²) >= 11 is 7.51. The van der Waals surface area contributed by atoms with Crippen molar-refractivity contribution in [2.24, 2.45) is 17.8 Å². The molecule has 3 fully saturated rings. The Hall–Kier alpha value is -3.48. The van der Waals surface area contributed by atoms with Crippen LogP contribution in [0.3, 0.4) is 0 Å². The molecular formula is C36H49ClN8O7S. The molecule has 2 saturated carbocycles. The van der Waals surface area contributed by atoms with E-state index in [0.29, 0.717) is 85.0 Å². The van der Waals surface area contributed by atoms with Crippen molar-refractivity contribution < 1.29 is 34.0 Å². The van der Waals surface area contributed by atoms with Gasteiger partial charge in [-0.3, -0.25) is 14.5 Å². The van der Waals surface area contributed by atoms with Gasteiger partial charge in [0.25, 0.3) is 5.91 Å². The van der Waals surface area contributed by atoms with Gasteiger partial charge in [-0.1, -0.05) is 35.1 Å². The molecule has 2 bridgehead atoms. The highest BCUT2D eigenvalue weighted by atomic mass is 35.5. The predicted octanol–water partition coefficient (Wildman–Crippen LogP) is 2.87. The van der Waals surface area contributed by atoms with Gasteiger partial charge < -0.3 is 45.3 Å². The first-order valence-corrected chi connectivity index (χ1v) is 19.3. The van der Waals surface area contributed by atoms with E-state index in [2.05, 4.69) is 40.7 Å². The zero-order valence-electron chi connectivity index (χ0n) is 30.1. The molecule has 3 aliphatic rings. The van der Waals surface area contributed by atoms with Gasteiger partial charge in [-0.25, -0.2) is 15.0 Å². The molecular weight excluding hydrogens is 724 g/mol. The Kier molecular flexibility index (Phi) is 13.8. The minimum absolute atomic E-state index is 0.0287. The van der Waals surface area contributed by atoms with E-state index in [1.165, 1.54) is 17.5 Å². The third-order valence-corrected chi connectivity index (χ3v) is 11.3. The minimum Gasteiger partial charge on any atom is -0.390 e. The van der Waals surface area contributed by atoms with Crippen LogP contribution in [0.25, 0.3) is 0 Å². The summed E-state index contributed by atoms with van der Waals surface area (Å²) in [5.74, 6) is 1.40. The number of hydrogen-bond acceptors (Lipinski definition) is 14. The van der Waals surface area contributed by atoms with Gasteiger partial charge in [-0.05, 0) is 50.2 Å². The van der Waals surface area contributed by atoms with E-state index in [1.54, 1.807) is 6.07 Å². The lowest BCUT2D eigenvalue weighted by Crippen LogP contribution is -2.47. The number of halogens is 1. The van der Waals surface area contributed by atoms with Crippen molar-refractivity contribution in [2.45, 2.75) is 38.9 Å². The van der Waals surface area contributed by atoms with Gasteiger partial charge in [-0.2, -0.15) is 0 Å². The largest absolute Gasteiger partial charge is 0.390 e. The normalized spacial score (nSPS) is 22.7. The number of nitrogens with zero attached hydrogens (tertiary/aromatic N) is 5. The smallest absolute Gasteiger partial charge is 0.267 e. The van der Waals surface area contributed by atoms with Crippen LogP contribution >= 0.6 is 22.9 Å². The molecule has 1 saturated heterocycles. The Morgan fingerprint density at radius 3 is 2.42 bits per heavy atom. The number of aryl methyl sites for hydroxylation is 2. The number of anilines is 4. The van der Waals surface area contributed by atoms with Crippen LogP contribution in [0.4, 0.5) is 22.5 Å². The molecule has 0 unspecified atom stereocenters. The molecule has 3 aromatic rings. The molecule has 2 amide bonds. The average Bonchev–Trinajstić information content (AvgIpc) is 3.87. The molecule has 5 N–H and O–H groups in total. The fourth-order valence-electron chi connectivity index (χ4n) is 7.20. The van der Waals surface area contributed by atoms with E-state index < -0.39 is 12.2 Å². The average molecular weight is 773 g/mol. The van der Waals surface area contributed by atoms with Crippen molar-refractivity contribution >= 4 is 57.2 Å². The standard InChI is InChI=1S/C36H49ClN8O7S/c1-22-4-3-5-27(37)31(22)43-35(49)28-21-39-36(53-28)42-29-20-30(41-23(2)40-29)45-9-7-44(8-10-45)11-13-51-15-17-52-16-14-50-12-6-38-34(48)26-19-24-18-25(26)33(47)32(24)46/h3-5,20-21,24-26,32-33,46-47H,6-19H2,1-2H3,(H,38,48)(H,43,49)(H,39,40,41,42)/t24-,25+,26-,32-,33+/m1/s1. The van der Waals surface area contributed by atoms with Gasteiger partial charge >= 0.3 is 0 Å². The molecule has 3 heterocycles. The van der Waals surface area contributed by atoms with Crippen LogP contribution in [-0.4, -0.2) is 133 Å². The number of carbonyl (C=O) groups is 2. The number of piperazine rings is 1. The van der Waals surface area contributed by atoms with Crippen molar-refractivity contribution in [3.63, 3.8) is 0 Å². The molecule has 0 spiro atoms. The fraction of sp³-hybridized carbons (Fsp3) is 0.583. The summed E-state index contributed by atoms with van der Waals surface area (Å²) in [6.07, 6.45) is 1.41. The maximum absolute atomic E-state index is 12.9. The minimum atomic E-state index is -0.792. The van der Waals surface area contributed by atoms with Crippen molar-refractivity contribution in [3.05, 3.63) is 51.7 Å². The second-order valence-corrected chi connectivity index (χ2v) is 15.1. The van der Waals surface area contributed by atoms with E-state index in [1.807, 2.05) is 32.0 Å². The van der Waals surface area contributed by atoms with Crippen molar-refractivity contribution in [2.75, 3.05) is 94.4 Å². The number of carbonyl (C=O) groups excluding carboxylic acids is 2. The van der Waals surface area contributed by atoms with Gasteiger partial charge in [0, 0.05) is 51.3 Å². The highest BCUT2D eigenvalue weighted by Gasteiger charge is 2.53. The zero-order valence-corrected chi connectivity index (χ0v) is 31.7. The van der Waals surface area contributed by atoms with E-state index >= 15 is 0 Å². The monoisotopic (exact) mass is 772 g/mol. The SMILES string of the molecule is Cc1nc(Nc2ncc(C(=O)Nc3c(C)cccc3Cl)s2)cc(N2CCN(CCOCCOCCOCCNC(=O)[C@@H]3C[C@H]4C[C@@H]3[C@H](O)[C@@H]4O)CC2)n1. The Morgan fingerprint density at radius 2 is 1.70 bits per heavy atom. The molecule has 1 aromatic carbocycles. The van der Waals surface area contributed by atoms with Crippen LogP contribution in [0.5, 0.6) is 0 Å². The van der Waals surface area contributed by atoms with Crippen molar-refractivity contribution in [3.8, 4) is 0 Å². The predicted molar refractivity (Wildman–Crippen MR) is 202 cm³/mol. The summed E-state index contributed by atoms with van der Waals surface area (Å²) in [6, 6.07) is 7.38. The third kappa shape index (κ3) is 10.4. The number of hydrogen-bond donors (Lipinski definition) is 5. The quantitative estimate of drug-likeness (QED) is 0.119. The van der Waals surface area contributed by atoms with Gasteiger partial charge in [-0.15, -0.1) is 0 Å². The van der Waals surface area contributed by atoms with Crippen molar-refractivity contribution in [1.29, 1.82) is 0 Å². The lowest BCUT2D eigenvalue weighted by molar-refractivity contribution is -0.130. The highest BCUT2D eigenvalue weighted by molar-refractivity contribution is 7.17. The first-order chi connectivity index (χ1) is 25.7. The number of aliphatic hydroxyl groups excluding tert-OH is 2. The number of aromatic nitrogens is 3. The fourth-order valence-corrected chi connectivity index (χ4v) is 8.19. The maximum Gasteiger partial charge on any atom is 0.267 e. The van der Waals surface area contributed by atoms with Gasteiger partial charge in [0.05, 0.1) is 68.8 Å². The van der Waals surface area contributed by atoms with Gasteiger partial charge in [0.2, 0.25) is 5.91 Å². The van der Waals surface area contributed by atoms with Gasteiger partial charge in [0.1, 0.15) is 22.3 Å². The first-order valence-electron chi connectivity index (χ1n) is 18.2. The molecule has 2 aliphatic carbocycles. The van der Waals surface area contributed by atoms with E-state index in [-0.39, 0.29) is 29.6 Å². The maximum atomic E-state index is 12.9. The van der Waals surface area contributed by atoms with Crippen molar-refractivity contribution in [1.82, 2.24) is 25.2 Å². The summed E-state index contributed by atoms with van der Waals surface area (Å²) in [7, 11) is 0. The molecule has 6 rings (SSSR count). The number of amides is 2. The number of fused-ring (bicyclic) bond motifs is 2. The number of aliphatic hydroxyl groups is 2. The number of rotatable bonds is 18. The third-order valence-electron chi connectivity index (χ3n) is 10.0. The summed E-state index contributed by atoms with van der Waals surface area (Å²) in [5.41, 5.74) is 1.47. The number of ether oxygens (including phenoxy) is 3. The first kappa shape index (κ1) is 39.2. The number of thiazole rings is 1. The Labute approximate surface area is 318 Å².